The number of ether oxygens (including phenoxy) is 1. The average molecular weight is 302 g/mol. The molecule has 0 spiro atoms. The van der Waals surface area contributed by atoms with Gasteiger partial charge >= 0.3 is 0 Å². The van der Waals surface area contributed by atoms with Crippen molar-refractivity contribution in [2.45, 2.75) is 70.1 Å². The zero-order valence-corrected chi connectivity index (χ0v) is 13.5. The summed E-state index contributed by atoms with van der Waals surface area (Å²) in [7, 11) is 0. The smallest absolute Gasteiger partial charge is 0.137 e. The minimum atomic E-state index is -0.743. The fraction of sp³-hybridized carbons (Fsp3) is 0.611. The van der Waals surface area contributed by atoms with Gasteiger partial charge in [-0.25, -0.2) is 0 Å². The summed E-state index contributed by atoms with van der Waals surface area (Å²) in [6, 6.07) is 6.88. The molecule has 0 fully saturated rings. The van der Waals surface area contributed by atoms with Crippen molar-refractivity contribution in [1.82, 2.24) is 0 Å². The van der Waals surface area contributed by atoms with Gasteiger partial charge in [-0.3, -0.25) is 0 Å². The maximum atomic E-state index is 10.8. The molecule has 0 aliphatic carbocycles. The maximum absolute atomic E-state index is 10.8. The van der Waals surface area contributed by atoms with E-state index >= 15 is 0 Å². The number of hydrogen-bond acceptors (Lipinski definition) is 4. The van der Waals surface area contributed by atoms with E-state index in [2.05, 4.69) is 19.9 Å². The van der Waals surface area contributed by atoms with Gasteiger partial charge in [0, 0.05) is 5.56 Å². The first-order valence-corrected chi connectivity index (χ1v) is 8.24. The second kappa shape index (κ2) is 7.13. The van der Waals surface area contributed by atoms with Crippen molar-refractivity contribution in [1.29, 1.82) is 5.26 Å². The van der Waals surface area contributed by atoms with E-state index in [9.17, 15) is 5.11 Å². The molecule has 2 rings (SSSR count). The summed E-state index contributed by atoms with van der Waals surface area (Å²) in [4.78, 5) is 0. The van der Waals surface area contributed by atoms with E-state index in [1.807, 2.05) is 6.07 Å². The van der Waals surface area contributed by atoms with Crippen molar-refractivity contribution in [2.75, 3.05) is 0 Å². The summed E-state index contributed by atoms with van der Waals surface area (Å²) in [5.41, 5.74) is 6.96. The van der Waals surface area contributed by atoms with Crippen molar-refractivity contribution in [3.8, 4) is 11.8 Å². The normalized spacial score (nSPS) is 22.5. The SMILES string of the molecule is CCCCC1(CCCC)Oc2ccc(C#N)cc2[C@@H](N)[C@@H]1O. The fourth-order valence-corrected chi connectivity index (χ4v) is 3.22. The predicted molar refractivity (Wildman–Crippen MR) is 86.5 cm³/mol. The Morgan fingerprint density at radius 1 is 1.27 bits per heavy atom. The number of rotatable bonds is 6. The van der Waals surface area contributed by atoms with Gasteiger partial charge in [-0.15, -0.1) is 0 Å². The molecule has 1 aliphatic heterocycles. The molecule has 1 aromatic rings. The third kappa shape index (κ3) is 3.11. The Hall–Kier alpha value is -1.57. The van der Waals surface area contributed by atoms with Crippen LogP contribution in [-0.4, -0.2) is 16.8 Å². The minimum Gasteiger partial charge on any atom is -0.484 e. The minimum absolute atomic E-state index is 0.509. The van der Waals surface area contributed by atoms with Crippen LogP contribution in [0.4, 0.5) is 0 Å². The van der Waals surface area contributed by atoms with Gasteiger partial charge in [-0.05, 0) is 43.9 Å². The lowest BCUT2D eigenvalue weighted by molar-refractivity contribution is -0.0933. The third-order valence-electron chi connectivity index (χ3n) is 4.60. The van der Waals surface area contributed by atoms with E-state index in [0.29, 0.717) is 11.3 Å². The van der Waals surface area contributed by atoms with Crippen molar-refractivity contribution in [3.05, 3.63) is 29.3 Å². The lowest BCUT2D eigenvalue weighted by atomic mass is 9.78. The number of nitrogens with zero attached hydrogens (tertiary/aromatic N) is 1. The number of fused-ring (bicyclic) bond motifs is 1. The van der Waals surface area contributed by atoms with Crippen molar-refractivity contribution < 1.29 is 9.84 Å². The lowest BCUT2D eigenvalue weighted by Crippen LogP contribution is -2.55. The number of benzene rings is 1. The summed E-state index contributed by atoms with van der Waals surface area (Å²) < 4.78 is 6.27. The number of aliphatic hydroxyl groups is 1. The molecule has 0 amide bonds. The molecule has 3 N–H and O–H groups in total. The highest BCUT2D eigenvalue weighted by Crippen LogP contribution is 2.43. The van der Waals surface area contributed by atoms with Gasteiger partial charge in [-0.2, -0.15) is 5.26 Å². The Bertz CT molecular complexity index is 543. The standard InChI is InChI=1S/C18H26N2O2/c1-3-5-9-18(10-6-4-2)17(21)16(20)14-11-13(12-19)7-8-15(14)22-18/h7-8,11,16-17,21H,3-6,9-10,20H2,1-2H3/t16-,17+/m1/s1. The molecule has 0 aromatic heterocycles. The average Bonchev–Trinajstić information content (AvgIpc) is 2.55. The van der Waals surface area contributed by atoms with Gasteiger partial charge in [0.25, 0.3) is 0 Å². The van der Waals surface area contributed by atoms with E-state index in [0.717, 1.165) is 44.1 Å². The second-order valence-corrected chi connectivity index (χ2v) is 6.21. The van der Waals surface area contributed by atoms with E-state index in [1.165, 1.54) is 0 Å². The van der Waals surface area contributed by atoms with Gasteiger partial charge in [0.1, 0.15) is 17.5 Å². The molecule has 1 heterocycles. The maximum Gasteiger partial charge on any atom is 0.137 e. The monoisotopic (exact) mass is 302 g/mol. The van der Waals surface area contributed by atoms with Crippen LogP contribution < -0.4 is 10.5 Å². The van der Waals surface area contributed by atoms with Gasteiger partial charge in [0.05, 0.1) is 17.7 Å². The molecule has 4 nitrogen and oxygen atoms in total. The third-order valence-corrected chi connectivity index (χ3v) is 4.60. The Labute approximate surface area is 132 Å². The van der Waals surface area contributed by atoms with Crippen molar-refractivity contribution >= 4 is 0 Å². The van der Waals surface area contributed by atoms with Crippen LogP contribution in [0, 0.1) is 11.3 Å². The lowest BCUT2D eigenvalue weighted by Gasteiger charge is -2.45. The molecule has 0 saturated heterocycles. The molecule has 1 aromatic carbocycles. The van der Waals surface area contributed by atoms with Gasteiger partial charge in [0.2, 0.25) is 0 Å². The molecule has 2 atom stereocenters. The van der Waals surface area contributed by atoms with E-state index in [4.69, 9.17) is 15.7 Å². The van der Waals surface area contributed by atoms with Crippen molar-refractivity contribution in [3.63, 3.8) is 0 Å². The van der Waals surface area contributed by atoms with E-state index < -0.39 is 17.7 Å². The van der Waals surface area contributed by atoms with Crippen LogP contribution in [-0.2, 0) is 0 Å². The molecule has 22 heavy (non-hydrogen) atoms. The van der Waals surface area contributed by atoms with Gasteiger partial charge in [0.15, 0.2) is 0 Å². The molecule has 0 radical (unpaired) electrons. The first kappa shape index (κ1) is 16.8. The zero-order chi connectivity index (χ0) is 16.2. The Balaban J connectivity index is 2.38. The Kier molecular flexibility index (Phi) is 5.44. The summed E-state index contributed by atoms with van der Waals surface area (Å²) in [5, 5.41) is 19.9. The quantitative estimate of drug-likeness (QED) is 0.843. The van der Waals surface area contributed by atoms with E-state index in [-0.39, 0.29) is 0 Å². The molecular formula is C18H26N2O2. The number of unbranched alkanes of at least 4 members (excludes halogenated alkanes) is 2. The summed E-state index contributed by atoms with van der Waals surface area (Å²) >= 11 is 0. The molecule has 0 bridgehead atoms. The Morgan fingerprint density at radius 3 is 2.45 bits per heavy atom. The van der Waals surface area contributed by atoms with Crippen LogP contribution >= 0.6 is 0 Å². The fourth-order valence-electron chi connectivity index (χ4n) is 3.22. The highest BCUT2D eigenvalue weighted by Gasteiger charge is 2.47. The van der Waals surface area contributed by atoms with Gasteiger partial charge in [-0.1, -0.05) is 26.7 Å². The highest BCUT2D eigenvalue weighted by molar-refractivity contribution is 5.46. The van der Waals surface area contributed by atoms with Crippen LogP contribution in [0.25, 0.3) is 0 Å². The molecule has 4 heteroatoms. The molecular weight excluding hydrogens is 276 g/mol. The molecule has 0 saturated carbocycles. The summed E-state index contributed by atoms with van der Waals surface area (Å²) in [6.07, 6.45) is 4.97. The van der Waals surface area contributed by atoms with Crippen molar-refractivity contribution in [2.24, 2.45) is 5.73 Å². The van der Waals surface area contributed by atoms with Crippen LogP contribution in [0.1, 0.15) is 69.5 Å². The number of nitriles is 1. The first-order valence-electron chi connectivity index (χ1n) is 8.24. The topological polar surface area (TPSA) is 79.3 Å². The molecule has 120 valence electrons. The number of aliphatic hydroxyl groups excluding tert-OH is 1. The summed E-state index contributed by atoms with van der Waals surface area (Å²) in [5.74, 6) is 0.712. The number of hydrogen-bond donors (Lipinski definition) is 2. The Morgan fingerprint density at radius 2 is 1.91 bits per heavy atom. The van der Waals surface area contributed by atoms with Crippen LogP contribution in [0.5, 0.6) is 5.75 Å². The largest absolute Gasteiger partial charge is 0.484 e. The van der Waals surface area contributed by atoms with E-state index in [1.54, 1.807) is 12.1 Å². The van der Waals surface area contributed by atoms with Crippen LogP contribution in [0.2, 0.25) is 0 Å². The number of nitrogens with two attached hydrogens (primary N) is 1. The second-order valence-electron chi connectivity index (χ2n) is 6.21. The molecule has 1 aliphatic rings. The highest BCUT2D eigenvalue weighted by atomic mass is 16.5. The van der Waals surface area contributed by atoms with Crippen LogP contribution in [0.15, 0.2) is 18.2 Å². The zero-order valence-electron chi connectivity index (χ0n) is 13.5. The van der Waals surface area contributed by atoms with Gasteiger partial charge < -0.3 is 15.6 Å². The summed E-state index contributed by atoms with van der Waals surface area (Å²) in [6.45, 7) is 4.27. The first-order chi connectivity index (χ1) is 10.6. The van der Waals surface area contributed by atoms with Crippen LogP contribution in [0.3, 0.4) is 0 Å². The molecule has 0 unspecified atom stereocenters. The predicted octanol–water partition coefficient (Wildman–Crippen LogP) is 3.43.